The van der Waals surface area contributed by atoms with Gasteiger partial charge in [-0.1, -0.05) is 10.4 Å². The van der Waals surface area contributed by atoms with Gasteiger partial charge in [-0.3, -0.25) is 9.59 Å². The van der Waals surface area contributed by atoms with Crippen LogP contribution in [0.3, 0.4) is 0 Å². The van der Waals surface area contributed by atoms with Crippen molar-refractivity contribution in [3.63, 3.8) is 0 Å². The molecule has 0 saturated heterocycles. The fourth-order valence-electron chi connectivity index (χ4n) is 2.67. The van der Waals surface area contributed by atoms with E-state index in [2.05, 4.69) is 36.0 Å². The van der Waals surface area contributed by atoms with Gasteiger partial charge in [0, 0.05) is 0 Å². The highest BCUT2D eigenvalue weighted by atomic mass is 16.1. The van der Waals surface area contributed by atoms with Crippen LogP contribution in [0.5, 0.6) is 0 Å². The van der Waals surface area contributed by atoms with E-state index in [-0.39, 0.29) is 40.9 Å². The van der Waals surface area contributed by atoms with Crippen LogP contribution in [-0.4, -0.2) is 50.2 Å². The van der Waals surface area contributed by atoms with Crippen molar-refractivity contribution >= 4 is 21.8 Å². The number of hydrogen-bond acceptors (Lipinski definition) is 10. The van der Waals surface area contributed by atoms with Crippen LogP contribution in [0.25, 0.3) is 21.8 Å². The van der Waals surface area contributed by atoms with Crippen LogP contribution in [0, 0.1) is 11.3 Å². The van der Waals surface area contributed by atoms with E-state index in [1.54, 1.807) is 6.92 Å². The fourth-order valence-corrected chi connectivity index (χ4v) is 2.67. The van der Waals surface area contributed by atoms with Crippen molar-refractivity contribution in [1.82, 2.24) is 50.2 Å². The third-order valence-electron chi connectivity index (χ3n) is 3.98. The number of tetrazole rings is 1. The summed E-state index contributed by atoms with van der Waals surface area (Å²) in [6, 6.07) is 4.33. The predicted molar refractivity (Wildman–Crippen MR) is 89.3 cm³/mol. The van der Waals surface area contributed by atoms with E-state index in [0.29, 0.717) is 0 Å². The molecule has 0 aliphatic heterocycles. The van der Waals surface area contributed by atoms with Gasteiger partial charge in [0.15, 0.2) is 6.33 Å². The Morgan fingerprint density at radius 2 is 1.78 bits per heavy atom. The van der Waals surface area contributed by atoms with E-state index in [0.717, 1.165) is 4.68 Å². The molecule has 4 aromatic rings. The molecule has 27 heavy (non-hydrogen) atoms. The minimum absolute atomic E-state index is 0.207. The van der Waals surface area contributed by atoms with Crippen molar-refractivity contribution in [2.24, 2.45) is 0 Å². The second-order valence-corrected chi connectivity index (χ2v) is 5.78. The van der Waals surface area contributed by atoms with Crippen LogP contribution < -0.4 is 11.1 Å². The molecule has 0 spiro atoms. The summed E-state index contributed by atoms with van der Waals surface area (Å²) >= 11 is 0. The molecule has 0 fully saturated rings. The molecule has 0 aliphatic carbocycles. The number of rotatable bonds is 4. The lowest BCUT2D eigenvalue weighted by molar-refractivity contribution is 0.354. The maximum absolute atomic E-state index is 12.8. The third-order valence-corrected chi connectivity index (χ3v) is 3.98. The highest BCUT2D eigenvalue weighted by molar-refractivity contribution is 5.93. The van der Waals surface area contributed by atoms with Crippen LogP contribution in [0.15, 0.2) is 28.0 Å². The molecule has 0 bridgehead atoms. The van der Waals surface area contributed by atoms with Crippen molar-refractivity contribution in [2.75, 3.05) is 0 Å². The largest absolute Gasteiger partial charge is 0.278 e. The van der Waals surface area contributed by atoms with Crippen LogP contribution in [-0.2, 0) is 13.1 Å². The van der Waals surface area contributed by atoms with E-state index in [1.165, 1.54) is 27.9 Å². The first-order valence-corrected chi connectivity index (χ1v) is 7.83. The first-order valence-electron chi connectivity index (χ1n) is 7.83. The molecule has 0 radical (unpaired) electrons. The Balaban J connectivity index is 1.84. The van der Waals surface area contributed by atoms with Gasteiger partial charge in [-0.05, 0) is 24.3 Å². The highest BCUT2D eigenvalue weighted by Crippen LogP contribution is 2.14. The third kappa shape index (κ3) is 2.78. The Morgan fingerprint density at radius 3 is 2.44 bits per heavy atom. The second kappa shape index (κ2) is 6.33. The van der Waals surface area contributed by atoms with Crippen LogP contribution in [0.4, 0.5) is 0 Å². The lowest BCUT2D eigenvalue weighted by Gasteiger charge is -2.12. The monoisotopic (exact) mass is 365 g/mol. The molecule has 13 heteroatoms. The Kier molecular flexibility index (Phi) is 3.84. The molecule has 1 unspecified atom stereocenters. The normalized spacial score (nSPS) is 12.3. The molecule has 0 amide bonds. The van der Waals surface area contributed by atoms with Crippen molar-refractivity contribution in [1.29, 1.82) is 5.26 Å². The molecule has 4 rings (SSSR count). The Morgan fingerprint density at radius 1 is 1.07 bits per heavy atom. The first kappa shape index (κ1) is 16.4. The standard InChI is InChI=1S/C14H11N11O2/c1-8(6-24-17-7-16-20-24)25-14(27)10-5-11-9(4-12(10)19-22-25)13(26)23(3-2-15)21-18-11/h4-5,7-8H,3,6H2,1H3. The number of aromatic nitrogens is 10. The number of benzene rings is 1. The van der Waals surface area contributed by atoms with Crippen LogP contribution >= 0.6 is 0 Å². The minimum atomic E-state index is -0.486. The molecular weight excluding hydrogens is 354 g/mol. The molecule has 3 aromatic heterocycles. The summed E-state index contributed by atoms with van der Waals surface area (Å²) in [5, 5.41) is 36.1. The molecule has 134 valence electrons. The Hall–Kier alpha value is -4.08. The van der Waals surface area contributed by atoms with Gasteiger partial charge in [0.1, 0.15) is 17.6 Å². The van der Waals surface area contributed by atoms with E-state index >= 15 is 0 Å². The van der Waals surface area contributed by atoms with E-state index < -0.39 is 11.1 Å². The van der Waals surface area contributed by atoms with Gasteiger partial charge in [0.05, 0.1) is 29.4 Å². The van der Waals surface area contributed by atoms with Gasteiger partial charge in [-0.15, -0.1) is 20.4 Å². The summed E-state index contributed by atoms with van der Waals surface area (Å²) in [5.74, 6) is 0. The molecule has 0 N–H and O–H groups in total. The van der Waals surface area contributed by atoms with Crippen LogP contribution in [0.1, 0.15) is 13.0 Å². The van der Waals surface area contributed by atoms with Gasteiger partial charge in [0.2, 0.25) is 0 Å². The predicted octanol–water partition coefficient (Wildman–Crippen LogP) is -1.33. The summed E-state index contributed by atoms with van der Waals surface area (Å²) in [6.07, 6.45) is 1.30. The molecular formula is C14H11N11O2. The zero-order chi connectivity index (χ0) is 19.0. The molecule has 1 atom stereocenters. The van der Waals surface area contributed by atoms with Gasteiger partial charge in [-0.25, -0.2) is 4.68 Å². The maximum Gasteiger partial charge on any atom is 0.278 e. The summed E-state index contributed by atoms with van der Waals surface area (Å²) < 4.78 is 2.15. The quantitative estimate of drug-likeness (QED) is 0.396. The minimum Gasteiger partial charge on any atom is -0.267 e. The summed E-state index contributed by atoms with van der Waals surface area (Å²) in [6.45, 7) is 1.83. The molecule has 13 nitrogen and oxygen atoms in total. The SMILES string of the molecule is CC(Cn1ncnn1)n1nnc2cc3c(=O)n(CC#N)nnc3cc2c1=O. The van der Waals surface area contributed by atoms with Gasteiger partial charge < -0.3 is 0 Å². The number of nitriles is 1. The summed E-state index contributed by atoms with van der Waals surface area (Å²) in [4.78, 5) is 26.5. The van der Waals surface area contributed by atoms with Crippen molar-refractivity contribution < 1.29 is 0 Å². The van der Waals surface area contributed by atoms with Gasteiger partial charge >= 0.3 is 0 Å². The maximum atomic E-state index is 12.8. The Bertz CT molecular complexity index is 1300. The van der Waals surface area contributed by atoms with Crippen molar-refractivity contribution in [3.05, 3.63) is 39.2 Å². The van der Waals surface area contributed by atoms with Crippen LogP contribution in [0.2, 0.25) is 0 Å². The van der Waals surface area contributed by atoms with Gasteiger partial charge in [-0.2, -0.15) is 14.7 Å². The van der Waals surface area contributed by atoms with Gasteiger partial charge in [0.25, 0.3) is 11.1 Å². The Labute approximate surface area is 149 Å². The first-order chi connectivity index (χ1) is 13.1. The molecule has 0 aliphatic rings. The second-order valence-electron chi connectivity index (χ2n) is 5.78. The average molecular weight is 365 g/mol. The summed E-state index contributed by atoms with van der Waals surface area (Å²) in [7, 11) is 0. The fraction of sp³-hybridized carbons (Fsp3) is 0.286. The molecule has 1 aromatic carbocycles. The smallest absolute Gasteiger partial charge is 0.267 e. The zero-order valence-corrected chi connectivity index (χ0v) is 14.0. The van der Waals surface area contributed by atoms with E-state index in [1.807, 2.05) is 6.07 Å². The zero-order valence-electron chi connectivity index (χ0n) is 14.0. The lowest BCUT2D eigenvalue weighted by Crippen LogP contribution is -2.30. The number of fused-ring (bicyclic) bond motifs is 2. The lowest BCUT2D eigenvalue weighted by atomic mass is 10.2. The molecule has 3 heterocycles. The summed E-state index contributed by atoms with van der Waals surface area (Å²) in [5.41, 5.74) is -0.384. The number of nitrogens with zero attached hydrogens (tertiary/aromatic N) is 11. The van der Waals surface area contributed by atoms with E-state index in [4.69, 9.17) is 5.26 Å². The molecule has 0 saturated carbocycles. The topological polar surface area (TPSA) is 163 Å². The van der Waals surface area contributed by atoms with E-state index in [9.17, 15) is 9.59 Å². The van der Waals surface area contributed by atoms with Crippen molar-refractivity contribution in [3.8, 4) is 6.07 Å². The highest BCUT2D eigenvalue weighted by Gasteiger charge is 2.16. The average Bonchev–Trinajstić information content (AvgIpc) is 3.17. The number of hydrogen-bond donors (Lipinski definition) is 0. The van der Waals surface area contributed by atoms with Crippen molar-refractivity contribution in [2.45, 2.75) is 26.1 Å².